The Balaban J connectivity index is 1.96. The predicted molar refractivity (Wildman–Crippen MR) is 74.4 cm³/mol. The monoisotopic (exact) mass is 284 g/mol. The van der Waals surface area contributed by atoms with E-state index in [4.69, 9.17) is 14.6 Å². The molecule has 1 fully saturated rings. The van der Waals surface area contributed by atoms with Crippen molar-refractivity contribution >= 4 is 11.9 Å². The summed E-state index contributed by atoms with van der Waals surface area (Å²) < 4.78 is 10.5. The third-order valence-electron chi connectivity index (χ3n) is 3.33. The van der Waals surface area contributed by atoms with Crippen LogP contribution in [-0.4, -0.2) is 36.4 Å². The molecule has 1 aliphatic rings. The number of hydrogen-bond acceptors (Lipinski definition) is 4. The van der Waals surface area contributed by atoms with Crippen LogP contribution in [0.3, 0.4) is 0 Å². The van der Waals surface area contributed by atoms with Gasteiger partial charge in [-0.3, -0.25) is 4.79 Å². The fourth-order valence-corrected chi connectivity index (χ4v) is 2.03. The van der Waals surface area contributed by atoms with E-state index in [1.54, 1.807) is 13.0 Å². The van der Waals surface area contributed by atoms with E-state index in [-0.39, 0.29) is 12.1 Å². The van der Waals surface area contributed by atoms with Crippen LogP contribution in [-0.2, 0) is 19.1 Å². The quantitative estimate of drug-likeness (QED) is 0.400. The Labute approximate surface area is 119 Å². The molecular weight excluding hydrogens is 260 g/mol. The van der Waals surface area contributed by atoms with Crippen LogP contribution in [0.4, 0.5) is 0 Å². The second-order valence-corrected chi connectivity index (χ2v) is 5.11. The molecule has 0 aromatic heterocycles. The summed E-state index contributed by atoms with van der Waals surface area (Å²) in [5.41, 5.74) is 0.376. The van der Waals surface area contributed by atoms with E-state index in [0.29, 0.717) is 18.6 Å². The Morgan fingerprint density at radius 1 is 1.35 bits per heavy atom. The number of rotatable bonds is 9. The lowest BCUT2D eigenvalue weighted by atomic mass is 10.1. The van der Waals surface area contributed by atoms with Gasteiger partial charge in [-0.05, 0) is 39.0 Å². The van der Waals surface area contributed by atoms with Gasteiger partial charge in [-0.15, -0.1) is 0 Å². The Hall–Kier alpha value is -1.36. The molecule has 1 N–H and O–H groups in total. The molecular formula is C15H24O5. The van der Waals surface area contributed by atoms with Gasteiger partial charge in [0.15, 0.2) is 0 Å². The molecule has 5 heteroatoms. The van der Waals surface area contributed by atoms with Crippen molar-refractivity contribution < 1.29 is 24.2 Å². The number of allylic oxidation sites excluding steroid dienone is 1. The molecule has 20 heavy (non-hydrogen) atoms. The van der Waals surface area contributed by atoms with Crippen molar-refractivity contribution in [1.29, 1.82) is 0 Å². The second kappa shape index (κ2) is 9.53. The summed E-state index contributed by atoms with van der Waals surface area (Å²) in [7, 11) is 0. The Morgan fingerprint density at radius 2 is 2.15 bits per heavy atom. The van der Waals surface area contributed by atoms with Gasteiger partial charge in [-0.2, -0.15) is 0 Å². The molecule has 0 saturated carbocycles. The molecule has 1 rings (SSSR count). The Kier molecular flexibility index (Phi) is 7.95. The predicted octanol–water partition coefficient (Wildman–Crippen LogP) is 2.69. The van der Waals surface area contributed by atoms with E-state index in [1.807, 2.05) is 0 Å². The Bertz CT molecular complexity index is 342. The van der Waals surface area contributed by atoms with Crippen LogP contribution in [0.5, 0.6) is 0 Å². The molecule has 0 aromatic rings. The number of carbonyl (C=O) groups excluding carboxylic acids is 1. The molecule has 1 saturated heterocycles. The highest BCUT2D eigenvalue weighted by Crippen LogP contribution is 2.13. The van der Waals surface area contributed by atoms with Gasteiger partial charge in [0, 0.05) is 18.6 Å². The van der Waals surface area contributed by atoms with Crippen LogP contribution in [0.25, 0.3) is 0 Å². The Morgan fingerprint density at radius 3 is 2.80 bits per heavy atom. The molecule has 1 unspecified atom stereocenters. The van der Waals surface area contributed by atoms with Crippen molar-refractivity contribution in [2.45, 2.75) is 58.0 Å². The van der Waals surface area contributed by atoms with Gasteiger partial charge in [0.05, 0.1) is 6.10 Å². The van der Waals surface area contributed by atoms with Gasteiger partial charge >= 0.3 is 11.9 Å². The average molecular weight is 284 g/mol. The first kappa shape index (κ1) is 16.7. The summed E-state index contributed by atoms with van der Waals surface area (Å²) in [6, 6.07) is 0. The van der Waals surface area contributed by atoms with Gasteiger partial charge in [-0.1, -0.05) is 12.5 Å². The lowest BCUT2D eigenvalue weighted by molar-refractivity contribution is -0.147. The first-order valence-corrected chi connectivity index (χ1v) is 7.27. The highest BCUT2D eigenvalue weighted by atomic mass is 16.6. The highest BCUT2D eigenvalue weighted by Gasteiger charge is 2.17. The van der Waals surface area contributed by atoms with Crippen molar-refractivity contribution in [3.8, 4) is 0 Å². The molecule has 0 bridgehead atoms. The summed E-state index contributed by atoms with van der Waals surface area (Å²) in [6.45, 7) is 2.73. The van der Waals surface area contributed by atoms with E-state index in [0.717, 1.165) is 45.1 Å². The SMILES string of the molecule is CC(=CCCCCCC(=O)OCC1CCCO1)C(=O)O. The van der Waals surface area contributed by atoms with Crippen LogP contribution in [0, 0.1) is 0 Å². The molecule has 0 amide bonds. The van der Waals surface area contributed by atoms with Crippen LogP contribution >= 0.6 is 0 Å². The number of carbonyl (C=O) groups is 2. The minimum absolute atomic E-state index is 0.0862. The lowest BCUT2D eigenvalue weighted by Gasteiger charge is -2.09. The van der Waals surface area contributed by atoms with Crippen LogP contribution in [0.15, 0.2) is 11.6 Å². The zero-order chi connectivity index (χ0) is 14.8. The molecule has 1 atom stereocenters. The maximum atomic E-state index is 11.5. The minimum atomic E-state index is -0.872. The molecule has 0 aliphatic carbocycles. The van der Waals surface area contributed by atoms with Crippen molar-refractivity contribution in [1.82, 2.24) is 0 Å². The van der Waals surface area contributed by atoms with E-state index < -0.39 is 5.97 Å². The lowest BCUT2D eigenvalue weighted by Crippen LogP contribution is -2.17. The van der Waals surface area contributed by atoms with Gasteiger partial charge in [0.2, 0.25) is 0 Å². The summed E-state index contributed by atoms with van der Waals surface area (Å²) in [6.07, 6.45) is 7.57. The van der Waals surface area contributed by atoms with Crippen molar-refractivity contribution in [3.05, 3.63) is 11.6 Å². The van der Waals surface area contributed by atoms with Crippen molar-refractivity contribution in [2.24, 2.45) is 0 Å². The number of carboxylic acid groups (broad SMARTS) is 1. The molecule has 1 heterocycles. The largest absolute Gasteiger partial charge is 0.478 e. The zero-order valence-electron chi connectivity index (χ0n) is 12.1. The second-order valence-electron chi connectivity index (χ2n) is 5.11. The molecule has 1 aliphatic heterocycles. The number of esters is 1. The fourth-order valence-electron chi connectivity index (χ4n) is 2.03. The van der Waals surface area contributed by atoms with Crippen LogP contribution in [0.2, 0.25) is 0 Å². The van der Waals surface area contributed by atoms with Crippen molar-refractivity contribution in [3.63, 3.8) is 0 Å². The maximum Gasteiger partial charge on any atom is 0.330 e. The number of ether oxygens (including phenoxy) is 2. The normalized spacial score (nSPS) is 19.1. The van der Waals surface area contributed by atoms with E-state index >= 15 is 0 Å². The number of aliphatic carboxylic acids is 1. The standard InChI is InChI=1S/C15H24O5/c1-12(15(17)18)7-4-2-3-5-9-14(16)20-11-13-8-6-10-19-13/h7,13H,2-6,8-11H2,1H3,(H,17,18). The molecule has 0 aromatic carbocycles. The molecule has 114 valence electrons. The summed E-state index contributed by atoms with van der Waals surface area (Å²) in [5.74, 6) is -1.04. The molecule has 0 spiro atoms. The molecule has 5 nitrogen and oxygen atoms in total. The van der Waals surface area contributed by atoms with Gasteiger partial charge < -0.3 is 14.6 Å². The van der Waals surface area contributed by atoms with Crippen molar-refractivity contribution in [2.75, 3.05) is 13.2 Å². The minimum Gasteiger partial charge on any atom is -0.478 e. The van der Waals surface area contributed by atoms with E-state index in [1.165, 1.54) is 0 Å². The maximum absolute atomic E-state index is 11.5. The van der Waals surface area contributed by atoms with Crippen LogP contribution in [0.1, 0.15) is 51.9 Å². The van der Waals surface area contributed by atoms with E-state index in [2.05, 4.69) is 0 Å². The summed E-state index contributed by atoms with van der Waals surface area (Å²) >= 11 is 0. The number of unbranched alkanes of at least 4 members (excludes halogenated alkanes) is 3. The van der Waals surface area contributed by atoms with Crippen LogP contribution < -0.4 is 0 Å². The first-order chi connectivity index (χ1) is 9.59. The third kappa shape index (κ3) is 7.28. The van der Waals surface area contributed by atoms with Gasteiger partial charge in [0.25, 0.3) is 0 Å². The topological polar surface area (TPSA) is 72.8 Å². The summed E-state index contributed by atoms with van der Waals surface area (Å²) in [5, 5.41) is 8.67. The van der Waals surface area contributed by atoms with Gasteiger partial charge in [0.1, 0.15) is 6.61 Å². The summed E-state index contributed by atoms with van der Waals surface area (Å²) in [4.78, 5) is 22.0. The molecule has 0 radical (unpaired) electrons. The average Bonchev–Trinajstić information content (AvgIpc) is 2.93. The third-order valence-corrected chi connectivity index (χ3v) is 3.33. The zero-order valence-corrected chi connectivity index (χ0v) is 12.1. The van der Waals surface area contributed by atoms with Gasteiger partial charge in [-0.25, -0.2) is 4.79 Å². The number of carboxylic acids is 1. The number of hydrogen-bond donors (Lipinski definition) is 1. The highest BCUT2D eigenvalue weighted by molar-refractivity contribution is 5.85. The smallest absolute Gasteiger partial charge is 0.330 e. The fraction of sp³-hybridized carbons (Fsp3) is 0.733. The van der Waals surface area contributed by atoms with E-state index in [9.17, 15) is 9.59 Å². The first-order valence-electron chi connectivity index (χ1n) is 7.27.